The van der Waals surface area contributed by atoms with Gasteiger partial charge in [0.05, 0.1) is 16.5 Å². The van der Waals surface area contributed by atoms with Crippen molar-refractivity contribution >= 4 is 33.0 Å². The van der Waals surface area contributed by atoms with Crippen LogP contribution in [0.2, 0.25) is 10.0 Å². The van der Waals surface area contributed by atoms with Crippen molar-refractivity contribution in [1.29, 1.82) is 0 Å². The molecule has 21 heavy (non-hydrogen) atoms. The van der Waals surface area contributed by atoms with E-state index in [2.05, 4.69) is 5.32 Å². The summed E-state index contributed by atoms with van der Waals surface area (Å²) < 4.78 is 28.9. The van der Waals surface area contributed by atoms with Crippen LogP contribution in [0.4, 0.5) is 0 Å². The van der Waals surface area contributed by atoms with Crippen molar-refractivity contribution in [3.63, 3.8) is 0 Å². The van der Waals surface area contributed by atoms with Crippen LogP contribution in [0.5, 0.6) is 5.75 Å². The van der Waals surface area contributed by atoms with Gasteiger partial charge in [0.1, 0.15) is 11.9 Å². The zero-order valence-corrected chi connectivity index (χ0v) is 13.8. The van der Waals surface area contributed by atoms with Crippen LogP contribution >= 0.6 is 23.2 Å². The molecule has 1 heterocycles. The molecule has 1 saturated heterocycles. The highest BCUT2D eigenvalue weighted by atomic mass is 35.5. The van der Waals surface area contributed by atoms with Crippen molar-refractivity contribution in [2.45, 2.75) is 38.0 Å². The number of hydrogen-bond acceptors (Lipinski definition) is 4. The van der Waals surface area contributed by atoms with E-state index in [1.165, 1.54) is 12.8 Å². The van der Waals surface area contributed by atoms with Gasteiger partial charge in [-0.2, -0.15) is 0 Å². The molecule has 0 amide bonds. The van der Waals surface area contributed by atoms with Crippen molar-refractivity contribution in [2.24, 2.45) is 0 Å². The molecule has 0 spiro atoms. The van der Waals surface area contributed by atoms with E-state index in [-0.39, 0.29) is 17.6 Å². The second-order valence-electron chi connectivity index (χ2n) is 5.67. The molecule has 7 heteroatoms. The van der Waals surface area contributed by atoms with Gasteiger partial charge in [0.15, 0.2) is 9.84 Å². The summed E-state index contributed by atoms with van der Waals surface area (Å²) in [5, 5.41) is 4.38. The van der Waals surface area contributed by atoms with Gasteiger partial charge in [0.25, 0.3) is 0 Å². The minimum absolute atomic E-state index is 0.0570. The molecule has 0 aromatic heterocycles. The summed E-state index contributed by atoms with van der Waals surface area (Å²) in [6.07, 6.45) is 2.56. The Bertz CT molecular complexity index is 644. The maximum Gasteiger partial charge on any atom is 0.154 e. The van der Waals surface area contributed by atoms with Crippen molar-refractivity contribution < 1.29 is 13.2 Å². The number of sulfone groups is 1. The Morgan fingerprint density at radius 3 is 2.62 bits per heavy atom. The molecule has 2 aliphatic rings. The molecular weight excluding hydrogens is 333 g/mol. The first-order chi connectivity index (χ1) is 9.93. The van der Waals surface area contributed by atoms with Crippen LogP contribution in [0.1, 0.15) is 24.8 Å². The fourth-order valence-electron chi connectivity index (χ4n) is 2.44. The van der Waals surface area contributed by atoms with Crippen LogP contribution in [-0.4, -0.2) is 32.1 Å². The topological polar surface area (TPSA) is 55.4 Å². The lowest BCUT2D eigenvalue weighted by Gasteiger charge is -2.18. The molecule has 2 fully saturated rings. The van der Waals surface area contributed by atoms with Crippen LogP contribution in [0, 0.1) is 0 Å². The Morgan fingerprint density at radius 1 is 1.24 bits per heavy atom. The van der Waals surface area contributed by atoms with Crippen LogP contribution in [0.3, 0.4) is 0 Å². The third kappa shape index (κ3) is 4.03. The SMILES string of the molecule is O=S1(=O)CCC(Oc2c(Cl)cc(Cl)cc2CNC2CC2)C1. The van der Waals surface area contributed by atoms with Gasteiger partial charge < -0.3 is 10.1 Å². The molecule has 1 aliphatic carbocycles. The van der Waals surface area contributed by atoms with Crippen LogP contribution < -0.4 is 10.1 Å². The molecule has 4 nitrogen and oxygen atoms in total. The third-order valence-corrected chi connectivity index (χ3v) is 5.96. The summed E-state index contributed by atoms with van der Waals surface area (Å²) in [4.78, 5) is 0. The lowest BCUT2D eigenvalue weighted by molar-refractivity contribution is 0.226. The Morgan fingerprint density at radius 2 is 2.00 bits per heavy atom. The molecule has 116 valence electrons. The summed E-state index contributed by atoms with van der Waals surface area (Å²) in [5.74, 6) is 0.788. The van der Waals surface area contributed by atoms with Crippen LogP contribution in [0.25, 0.3) is 0 Å². The minimum Gasteiger partial charge on any atom is -0.487 e. The molecule has 3 rings (SSSR count). The average molecular weight is 350 g/mol. The van der Waals surface area contributed by atoms with E-state index in [0.717, 1.165) is 5.56 Å². The second-order valence-corrected chi connectivity index (χ2v) is 8.75. The molecule has 1 unspecified atom stereocenters. The fraction of sp³-hybridized carbons (Fsp3) is 0.571. The van der Waals surface area contributed by atoms with E-state index in [1.807, 2.05) is 6.07 Å². The standard InChI is InChI=1S/C14H17Cl2NO3S/c15-10-5-9(7-17-11-1-2-11)14(13(16)6-10)20-12-3-4-21(18,19)8-12/h5-6,11-12,17H,1-4,7-8H2. The van der Waals surface area contributed by atoms with Crippen molar-refractivity contribution in [3.05, 3.63) is 27.7 Å². The largest absolute Gasteiger partial charge is 0.487 e. The quantitative estimate of drug-likeness (QED) is 0.887. The number of rotatable bonds is 5. The maximum absolute atomic E-state index is 11.5. The van der Waals surface area contributed by atoms with Gasteiger partial charge in [-0.3, -0.25) is 0 Å². The number of nitrogens with one attached hydrogen (secondary N) is 1. The highest BCUT2D eigenvalue weighted by Gasteiger charge is 2.30. The van der Waals surface area contributed by atoms with Crippen LogP contribution in [0.15, 0.2) is 12.1 Å². The van der Waals surface area contributed by atoms with Gasteiger partial charge in [-0.05, 0) is 31.4 Å². The molecule has 0 bridgehead atoms. The van der Waals surface area contributed by atoms with Gasteiger partial charge in [0, 0.05) is 23.2 Å². The number of halogens is 2. The molecule has 1 aromatic rings. The predicted molar refractivity (Wildman–Crippen MR) is 84.0 cm³/mol. The molecule has 1 aromatic carbocycles. The minimum atomic E-state index is -2.97. The lowest BCUT2D eigenvalue weighted by Crippen LogP contribution is -2.21. The predicted octanol–water partition coefficient (Wildman–Crippen LogP) is 2.81. The molecule has 0 radical (unpaired) electrons. The van der Waals surface area contributed by atoms with Crippen molar-refractivity contribution in [2.75, 3.05) is 11.5 Å². The Kier molecular flexibility index (Phi) is 4.37. The first-order valence-electron chi connectivity index (χ1n) is 7.01. The van der Waals surface area contributed by atoms with E-state index in [9.17, 15) is 8.42 Å². The summed E-state index contributed by atoms with van der Waals surface area (Å²) in [6, 6.07) is 4.01. The fourth-order valence-corrected chi connectivity index (χ4v) is 4.61. The molecule has 1 aliphatic heterocycles. The van der Waals surface area contributed by atoms with Gasteiger partial charge in [-0.15, -0.1) is 0 Å². The van der Waals surface area contributed by atoms with Crippen molar-refractivity contribution in [3.8, 4) is 5.75 Å². The van der Waals surface area contributed by atoms with Gasteiger partial charge >= 0.3 is 0 Å². The Hall–Kier alpha value is -0.490. The normalized spacial score (nSPS) is 24.2. The maximum atomic E-state index is 11.5. The third-order valence-electron chi connectivity index (χ3n) is 3.72. The van der Waals surface area contributed by atoms with E-state index >= 15 is 0 Å². The molecular formula is C14H17Cl2NO3S. The van der Waals surface area contributed by atoms with E-state index in [4.69, 9.17) is 27.9 Å². The van der Waals surface area contributed by atoms with E-state index in [0.29, 0.717) is 34.8 Å². The highest BCUT2D eigenvalue weighted by molar-refractivity contribution is 7.91. The summed E-state index contributed by atoms with van der Waals surface area (Å²) >= 11 is 12.3. The highest BCUT2D eigenvalue weighted by Crippen LogP contribution is 2.35. The second kappa shape index (κ2) is 5.95. The molecule has 1 atom stereocenters. The molecule has 1 saturated carbocycles. The van der Waals surface area contributed by atoms with Crippen LogP contribution in [-0.2, 0) is 16.4 Å². The number of hydrogen-bond donors (Lipinski definition) is 1. The number of ether oxygens (including phenoxy) is 1. The summed E-state index contributed by atoms with van der Waals surface area (Å²) in [7, 11) is -2.97. The Balaban J connectivity index is 1.78. The Labute approximate surface area is 134 Å². The van der Waals surface area contributed by atoms with Gasteiger partial charge in [-0.25, -0.2) is 8.42 Å². The van der Waals surface area contributed by atoms with Gasteiger partial charge in [0.2, 0.25) is 0 Å². The van der Waals surface area contributed by atoms with E-state index < -0.39 is 9.84 Å². The van der Waals surface area contributed by atoms with Crippen molar-refractivity contribution in [1.82, 2.24) is 5.32 Å². The first-order valence-corrected chi connectivity index (χ1v) is 9.59. The van der Waals surface area contributed by atoms with E-state index in [1.54, 1.807) is 6.07 Å². The monoisotopic (exact) mass is 349 g/mol. The smallest absolute Gasteiger partial charge is 0.154 e. The molecule has 1 N–H and O–H groups in total. The summed E-state index contributed by atoms with van der Waals surface area (Å²) in [5.41, 5.74) is 0.878. The first kappa shape index (κ1) is 15.4. The number of benzene rings is 1. The zero-order valence-electron chi connectivity index (χ0n) is 11.4. The summed E-state index contributed by atoms with van der Waals surface area (Å²) in [6.45, 7) is 0.625. The lowest BCUT2D eigenvalue weighted by atomic mass is 10.2. The zero-order chi connectivity index (χ0) is 15.0. The average Bonchev–Trinajstić information content (AvgIpc) is 3.15. The van der Waals surface area contributed by atoms with Gasteiger partial charge in [-0.1, -0.05) is 23.2 Å².